The smallest absolute Gasteiger partial charge is 0.158 e. The van der Waals surface area contributed by atoms with Gasteiger partial charge in [0.1, 0.15) is 0 Å². The molecule has 0 spiro atoms. The monoisotopic (exact) mass is 142 g/mol. The Morgan fingerprint density at radius 2 is 2.20 bits per heavy atom. The number of hydrogen-bond donors (Lipinski definition) is 1. The Kier molecular flexibility index (Phi) is 2.11. The van der Waals surface area contributed by atoms with E-state index in [2.05, 4.69) is 13.5 Å². The molecule has 0 aromatic rings. The number of aliphatic hydroxyl groups is 1. The summed E-state index contributed by atoms with van der Waals surface area (Å²) in [6.07, 6.45) is 0.0702. The predicted molar refractivity (Wildman–Crippen MR) is 39.5 cm³/mol. The Morgan fingerprint density at radius 1 is 1.60 bits per heavy atom. The Bertz CT molecular complexity index is 142. The van der Waals surface area contributed by atoms with E-state index in [0.29, 0.717) is 12.3 Å². The summed E-state index contributed by atoms with van der Waals surface area (Å²) in [5, 5.41) is 9.08. The van der Waals surface area contributed by atoms with Crippen molar-refractivity contribution in [2.24, 2.45) is 5.92 Å². The van der Waals surface area contributed by atoms with E-state index in [0.717, 1.165) is 5.57 Å². The molecule has 2 nitrogen and oxygen atoms in total. The first-order valence-electron chi connectivity index (χ1n) is 3.62. The summed E-state index contributed by atoms with van der Waals surface area (Å²) in [5.74, 6) is 0.378. The molecule has 0 amide bonds. The van der Waals surface area contributed by atoms with Gasteiger partial charge in [-0.2, -0.15) is 0 Å². The van der Waals surface area contributed by atoms with Crippen molar-refractivity contribution in [1.82, 2.24) is 0 Å². The molecule has 1 N–H and O–H groups in total. The van der Waals surface area contributed by atoms with Crippen LogP contribution in [0.1, 0.15) is 20.3 Å². The van der Waals surface area contributed by atoms with Crippen molar-refractivity contribution in [3.05, 3.63) is 12.2 Å². The van der Waals surface area contributed by atoms with Crippen LogP contribution in [0, 0.1) is 5.92 Å². The summed E-state index contributed by atoms with van der Waals surface area (Å²) in [4.78, 5) is 0. The summed E-state index contributed by atoms with van der Waals surface area (Å²) in [6, 6.07) is 0. The van der Waals surface area contributed by atoms with Gasteiger partial charge in [0, 0.05) is 12.3 Å². The zero-order valence-corrected chi connectivity index (χ0v) is 6.50. The van der Waals surface area contributed by atoms with Crippen LogP contribution in [-0.2, 0) is 4.74 Å². The van der Waals surface area contributed by atoms with E-state index in [9.17, 15) is 0 Å². The summed E-state index contributed by atoms with van der Waals surface area (Å²) < 4.78 is 5.16. The largest absolute Gasteiger partial charge is 0.368 e. The Morgan fingerprint density at radius 3 is 2.70 bits per heavy atom. The third kappa shape index (κ3) is 1.39. The molecule has 1 saturated heterocycles. The predicted octanol–water partition coefficient (Wildman–Crippen LogP) is 1.31. The highest BCUT2D eigenvalue weighted by molar-refractivity contribution is 5.04. The van der Waals surface area contributed by atoms with E-state index < -0.39 is 6.29 Å². The maximum absolute atomic E-state index is 9.08. The third-order valence-electron chi connectivity index (χ3n) is 2.16. The molecule has 0 aliphatic carbocycles. The minimum atomic E-state index is -0.626. The summed E-state index contributed by atoms with van der Waals surface area (Å²) in [7, 11) is 0. The molecule has 1 fully saturated rings. The normalized spacial score (nSPS) is 41.9. The van der Waals surface area contributed by atoms with Gasteiger partial charge in [-0.15, -0.1) is 0 Å². The summed E-state index contributed by atoms with van der Waals surface area (Å²) in [6.45, 7) is 7.88. The Balaban J connectivity index is 2.57. The van der Waals surface area contributed by atoms with Gasteiger partial charge in [0.15, 0.2) is 6.29 Å². The van der Waals surface area contributed by atoms with E-state index in [1.165, 1.54) is 0 Å². The summed E-state index contributed by atoms with van der Waals surface area (Å²) >= 11 is 0. The third-order valence-corrected chi connectivity index (χ3v) is 2.16. The summed E-state index contributed by atoms with van der Waals surface area (Å²) in [5.41, 5.74) is 1.09. The minimum Gasteiger partial charge on any atom is -0.368 e. The fourth-order valence-electron chi connectivity index (χ4n) is 1.16. The van der Waals surface area contributed by atoms with Gasteiger partial charge in [-0.25, -0.2) is 0 Å². The number of aliphatic hydroxyl groups excluding tert-OH is 1. The van der Waals surface area contributed by atoms with Crippen molar-refractivity contribution < 1.29 is 9.84 Å². The molecule has 0 aromatic heterocycles. The molecule has 0 saturated carbocycles. The van der Waals surface area contributed by atoms with Crippen LogP contribution in [0.15, 0.2) is 12.2 Å². The van der Waals surface area contributed by atoms with Crippen LogP contribution in [0.3, 0.4) is 0 Å². The second kappa shape index (κ2) is 2.72. The van der Waals surface area contributed by atoms with E-state index in [4.69, 9.17) is 9.84 Å². The van der Waals surface area contributed by atoms with E-state index in [1.54, 1.807) is 0 Å². The molecule has 0 radical (unpaired) electrons. The maximum atomic E-state index is 9.08. The van der Waals surface area contributed by atoms with Crippen LogP contribution in [-0.4, -0.2) is 17.5 Å². The lowest BCUT2D eigenvalue weighted by molar-refractivity contribution is -0.156. The van der Waals surface area contributed by atoms with Crippen LogP contribution in [0.4, 0.5) is 0 Å². The molecule has 3 atom stereocenters. The van der Waals surface area contributed by atoms with Crippen molar-refractivity contribution in [2.45, 2.75) is 32.7 Å². The molecule has 58 valence electrons. The van der Waals surface area contributed by atoms with Crippen LogP contribution in [0.25, 0.3) is 0 Å². The molecule has 1 aliphatic heterocycles. The first-order valence-corrected chi connectivity index (χ1v) is 3.62. The van der Waals surface area contributed by atoms with Gasteiger partial charge in [-0.3, -0.25) is 0 Å². The highest BCUT2D eigenvalue weighted by Gasteiger charge is 2.25. The molecule has 1 heterocycles. The lowest BCUT2D eigenvalue weighted by Gasteiger charge is -2.31. The standard InChI is InChI=1S/C8H14O2/c1-5-4-8(9)10-7(3)6(5)2/h6-9H,1,4H2,2-3H3/t6-,7+,8-/m1/s1. The number of rotatable bonds is 0. The van der Waals surface area contributed by atoms with Gasteiger partial charge in [0.25, 0.3) is 0 Å². The molecule has 10 heavy (non-hydrogen) atoms. The van der Waals surface area contributed by atoms with E-state index in [-0.39, 0.29) is 6.10 Å². The van der Waals surface area contributed by atoms with Crippen molar-refractivity contribution in [2.75, 3.05) is 0 Å². The second-order valence-corrected chi connectivity index (χ2v) is 2.95. The zero-order chi connectivity index (χ0) is 7.72. The Hall–Kier alpha value is -0.340. The van der Waals surface area contributed by atoms with Crippen LogP contribution in [0.5, 0.6) is 0 Å². The molecule has 1 aliphatic rings. The van der Waals surface area contributed by atoms with Crippen molar-refractivity contribution in [1.29, 1.82) is 0 Å². The average molecular weight is 142 g/mol. The van der Waals surface area contributed by atoms with Gasteiger partial charge in [0.2, 0.25) is 0 Å². The molecular formula is C8H14O2. The SMILES string of the molecule is C=C1C[C@H](O)O[C@@H](C)[C@@H]1C. The minimum absolute atomic E-state index is 0.108. The highest BCUT2D eigenvalue weighted by Crippen LogP contribution is 2.26. The van der Waals surface area contributed by atoms with Gasteiger partial charge >= 0.3 is 0 Å². The molecule has 0 unspecified atom stereocenters. The van der Waals surface area contributed by atoms with Crippen LogP contribution >= 0.6 is 0 Å². The lowest BCUT2D eigenvalue weighted by Crippen LogP contribution is -2.32. The van der Waals surface area contributed by atoms with E-state index in [1.807, 2.05) is 6.92 Å². The quantitative estimate of drug-likeness (QED) is 0.517. The molecule has 1 rings (SSSR count). The zero-order valence-electron chi connectivity index (χ0n) is 6.50. The van der Waals surface area contributed by atoms with Crippen molar-refractivity contribution in [3.8, 4) is 0 Å². The Labute approximate surface area is 61.5 Å². The topological polar surface area (TPSA) is 29.5 Å². The molecule has 2 heteroatoms. The van der Waals surface area contributed by atoms with Crippen LogP contribution < -0.4 is 0 Å². The van der Waals surface area contributed by atoms with Crippen molar-refractivity contribution >= 4 is 0 Å². The fourth-order valence-corrected chi connectivity index (χ4v) is 1.16. The van der Waals surface area contributed by atoms with Gasteiger partial charge in [-0.05, 0) is 6.92 Å². The maximum Gasteiger partial charge on any atom is 0.158 e. The van der Waals surface area contributed by atoms with E-state index >= 15 is 0 Å². The van der Waals surface area contributed by atoms with Gasteiger partial charge in [-0.1, -0.05) is 19.1 Å². The first-order chi connectivity index (χ1) is 4.61. The van der Waals surface area contributed by atoms with Crippen molar-refractivity contribution in [3.63, 3.8) is 0 Å². The molecular weight excluding hydrogens is 128 g/mol. The van der Waals surface area contributed by atoms with Crippen LogP contribution in [0.2, 0.25) is 0 Å². The molecule has 0 bridgehead atoms. The highest BCUT2D eigenvalue weighted by atomic mass is 16.6. The molecule has 0 aromatic carbocycles. The second-order valence-electron chi connectivity index (χ2n) is 2.95. The van der Waals surface area contributed by atoms with Gasteiger partial charge in [0.05, 0.1) is 6.10 Å². The lowest BCUT2D eigenvalue weighted by atomic mass is 9.92. The van der Waals surface area contributed by atoms with Gasteiger partial charge < -0.3 is 9.84 Å². The fraction of sp³-hybridized carbons (Fsp3) is 0.750. The number of hydrogen-bond acceptors (Lipinski definition) is 2. The first kappa shape index (κ1) is 7.76. The average Bonchev–Trinajstić information content (AvgIpc) is 1.82. The number of ether oxygens (including phenoxy) is 1.